The molecular formula is C17H22N2O. The van der Waals surface area contributed by atoms with E-state index in [0.29, 0.717) is 13.0 Å². The average molecular weight is 270 g/mol. The van der Waals surface area contributed by atoms with Crippen molar-refractivity contribution in [1.82, 2.24) is 5.32 Å². The van der Waals surface area contributed by atoms with Crippen molar-refractivity contribution in [2.45, 2.75) is 25.1 Å². The lowest BCUT2D eigenvalue weighted by molar-refractivity contribution is 0.141. The van der Waals surface area contributed by atoms with Crippen LogP contribution in [0.15, 0.2) is 60.7 Å². The molecule has 0 aromatic heterocycles. The highest BCUT2D eigenvalue weighted by atomic mass is 16.3. The second kappa shape index (κ2) is 7.80. The summed E-state index contributed by atoms with van der Waals surface area (Å²) in [6.07, 6.45) is 0.147. The third-order valence-corrected chi connectivity index (χ3v) is 3.33. The van der Waals surface area contributed by atoms with E-state index >= 15 is 0 Å². The van der Waals surface area contributed by atoms with Crippen LogP contribution in [-0.4, -0.2) is 23.8 Å². The largest absolute Gasteiger partial charge is 0.390 e. The monoisotopic (exact) mass is 270 g/mol. The number of hydrogen-bond acceptors (Lipinski definition) is 3. The summed E-state index contributed by atoms with van der Waals surface area (Å²) < 4.78 is 0. The maximum atomic E-state index is 10.1. The molecule has 0 aliphatic carbocycles. The molecule has 2 atom stereocenters. The van der Waals surface area contributed by atoms with Crippen LogP contribution < -0.4 is 11.1 Å². The van der Waals surface area contributed by atoms with Gasteiger partial charge in [-0.3, -0.25) is 0 Å². The van der Waals surface area contributed by atoms with E-state index in [0.717, 1.165) is 12.1 Å². The molecule has 0 aliphatic heterocycles. The Hall–Kier alpha value is -1.68. The zero-order valence-electron chi connectivity index (χ0n) is 11.6. The van der Waals surface area contributed by atoms with Crippen LogP contribution >= 0.6 is 0 Å². The van der Waals surface area contributed by atoms with E-state index in [1.54, 1.807) is 0 Å². The molecule has 2 rings (SSSR count). The standard InChI is InChI=1S/C17H22N2O/c18-16(11-14-7-3-1-4-8-14)17(20)13-19-12-15-9-5-2-6-10-15/h1-10,16-17,19-20H,11-13,18H2/t16-,17+/m1/s1. The highest BCUT2D eigenvalue weighted by Gasteiger charge is 2.14. The van der Waals surface area contributed by atoms with Gasteiger partial charge in [0, 0.05) is 19.1 Å². The van der Waals surface area contributed by atoms with Crippen molar-refractivity contribution in [2.24, 2.45) is 5.73 Å². The molecule has 0 fully saturated rings. The van der Waals surface area contributed by atoms with Crippen LogP contribution in [0.4, 0.5) is 0 Å². The van der Waals surface area contributed by atoms with Crippen LogP contribution in [0.2, 0.25) is 0 Å². The maximum absolute atomic E-state index is 10.1. The zero-order valence-corrected chi connectivity index (χ0v) is 11.6. The minimum Gasteiger partial charge on any atom is -0.390 e. The second-order valence-corrected chi connectivity index (χ2v) is 5.04. The summed E-state index contributed by atoms with van der Waals surface area (Å²) in [4.78, 5) is 0. The molecule has 0 unspecified atom stereocenters. The van der Waals surface area contributed by atoms with Crippen molar-refractivity contribution < 1.29 is 5.11 Å². The van der Waals surface area contributed by atoms with E-state index in [4.69, 9.17) is 5.73 Å². The Morgan fingerprint density at radius 3 is 2.05 bits per heavy atom. The lowest BCUT2D eigenvalue weighted by Crippen LogP contribution is -2.42. The van der Waals surface area contributed by atoms with Gasteiger partial charge >= 0.3 is 0 Å². The van der Waals surface area contributed by atoms with E-state index < -0.39 is 6.10 Å². The van der Waals surface area contributed by atoms with Crippen LogP contribution in [0.3, 0.4) is 0 Å². The summed E-state index contributed by atoms with van der Waals surface area (Å²) in [5, 5.41) is 13.3. The molecule has 3 nitrogen and oxygen atoms in total. The number of aliphatic hydroxyl groups excluding tert-OH is 1. The van der Waals surface area contributed by atoms with Crippen LogP contribution in [-0.2, 0) is 13.0 Å². The van der Waals surface area contributed by atoms with Crippen LogP contribution in [0.1, 0.15) is 11.1 Å². The molecule has 106 valence electrons. The van der Waals surface area contributed by atoms with Gasteiger partial charge in [-0.05, 0) is 17.5 Å². The summed E-state index contributed by atoms with van der Waals surface area (Å²) in [7, 11) is 0. The van der Waals surface area contributed by atoms with Crippen molar-refractivity contribution in [2.75, 3.05) is 6.54 Å². The summed E-state index contributed by atoms with van der Waals surface area (Å²) in [5.74, 6) is 0. The number of nitrogens with one attached hydrogen (secondary N) is 1. The fourth-order valence-electron chi connectivity index (χ4n) is 2.13. The molecule has 0 spiro atoms. The average Bonchev–Trinajstić information content (AvgIpc) is 2.49. The highest BCUT2D eigenvalue weighted by molar-refractivity contribution is 5.16. The Morgan fingerprint density at radius 1 is 0.900 bits per heavy atom. The SMILES string of the molecule is N[C@H](Cc1ccccc1)[C@@H](O)CNCc1ccccc1. The minimum absolute atomic E-state index is 0.249. The summed E-state index contributed by atoms with van der Waals surface area (Å²) in [5.41, 5.74) is 8.40. The van der Waals surface area contributed by atoms with E-state index in [-0.39, 0.29) is 6.04 Å². The maximum Gasteiger partial charge on any atom is 0.0818 e. The molecule has 2 aromatic carbocycles. The Morgan fingerprint density at radius 2 is 1.45 bits per heavy atom. The fourth-order valence-corrected chi connectivity index (χ4v) is 2.13. The molecule has 3 heteroatoms. The molecule has 2 aromatic rings. The van der Waals surface area contributed by atoms with Crippen molar-refractivity contribution in [3.63, 3.8) is 0 Å². The van der Waals surface area contributed by atoms with Crippen molar-refractivity contribution >= 4 is 0 Å². The number of nitrogens with two attached hydrogens (primary N) is 1. The van der Waals surface area contributed by atoms with Crippen molar-refractivity contribution in [1.29, 1.82) is 0 Å². The zero-order chi connectivity index (χ0) is 14.2. The molecule has 0 amide bonds. The number of rotatable bonds is 7. The Bertz CT molecular complexity index is 487. The van der Waals surface area contributed by atoms with Gasteiger partial charge < -0.3 is 16.2 Å². The van der Waals surface area contributed by atoms with Gasteiger partial charge in [0.25, 0.3) is 0 Å². The molecule has 0 aliphatic rings. The molecule has 0 saturated heterocycles. The van der Waals surface area contributed by atoms with E-state index in [9.17, 15) is 5.11 Å². The van der Waals surface area contributed by atoms with Gasteiger partial charge in [0.05, 0.1) is 6.10 Å². The lowest BCUT2D eigenvalue weighted by Gasteiger charge is -2.19. The first-order chi connectivity index (χ1) is 9.75. The Balaban J connectivity index is 1.73. The van der Waals surface area contributed by atoms with Gasteiger partial charge in [0.1, 0.15) is 0 Å². The molecule has 0 saturated carbocycles. The second-order valence-electron chi connectivity index (χ2n) is 5.04. The highest BCUT2D eigenvalue weighted by Crippen LogP contribution is 2.04. The summed E-state index contributed by atoms with van der Waals surface area (Å²) in [6.45, 7) is 1.25. The molecule has 4 N–H and O–H groups in total. The van der Waals surface area contributed by atoms with Crippen LogP contribution in [0, 0.1) is 0 Å². The Labute approximate surface area is 120 Å². The van der Waals surface area contributed by atoms with Gasteiger partial charge in [-0.1, -0.05) is 60.7 Å². The molecule has 0 heterocycles. The first-order valence-electron chi connectivity index (χ1n) is 6.98. The van der Waals surface area contributed by atoms with E-state index in [1.807, 2.05) is 48.5 Å². The van der Waals surface area contributed by atoms with E-state index in [2.05, 4.69) is 17.4 Å². The molecule has 0 radical (unpaired) electrons. The van der Waals surface area contributed by atoms with Crippen molar-refractivity contribution in [3.05, 3.63) is 71.8 Å². The third-order valence-electron chi connectivity index (χ3n) is 3.33. The first kappa shape index (κ1) is 14.7. The van der Waals surface area contributed by atoms with E-state index in [1.165, 1.54) is 5.56 Å². The summed E-state index contributed by atoms with van der Waals surface area (Å²) >= 11 is 0. The predicted molar refractivity (Wildman–Crippen MR) is 82.3 cm³/mol. The van der Waals surface area contributed by atoms with Gasteiger partial charge in [0.15, 0.2) is 0 Å². The van der Waals surface area contributed by atoms with Gasteiger partial charge in [0.2, 0.25) is 0 Å². The number of aliphatic hydroxyl groups is 1. The first-order valence-corrected chi connectivity index (χ1v) is 6.98. The normalized spacial score (nSPS) is 13.9. The van der Waals surface area contributed by atoms with Gasteiger partial charge in [-0.25, -0.2) is 0 Å². The molecular weight excluding hydrogens is 248 g/mol. The molecule has 0 bridgehead atoms. The molecule has 20 heavy (non-hydrogen) atoms. The Kier molecular flexibility index (Phi) is 5.74. The number of hydrogen-bond donors (Lipinski definition) is 3. The smallest absolute Gasteiger partial charge is 0.0818 e. The van der Waals surface area contributed by atoms with Gasteiger partial charge in [-0.2, -0.15) is 0 Å². The number of benzene rings is 2. The van der Waals surface area contributed by atoms with Crippen LogP contribution in [0.25, 0.3) is 0 Å². The summed E-state index contributed by atoms with van der Waals surface area (Å²) in [6, 6.07) is 19.9. The fraction of sp³-hybridized carbons (Fsp3) is 0.294. The quantitative estimate of drug-likeness (QED) is 0.718. The topological polar surface area (TPSA) is 58.3 Å². The third kappa shape index (κ3) is 4.78. The lowest BCUT2D eigenvalue weighted by atomic mass is 10.0. The van der Waals surface area contributed by atoms with Crippen LogP contribution in [0.5, 0.6) is 0 Å². The van der Waals surface area contributed by atoms with Crippen molar-refractivity contribution in [3.8, 4) is 0 Å². The minimum atomic E-state index is -0.543. The predicted octanol–water partition coefficient (Wildman–Crippen LogP) is 1.71. The van der Waals surface area contributed by atoms with Gasteiger partial charge in [-0.15, -0.1) is 0 Å².